The van der Waals surface area contributed by atoms with E-state index >= 15 is 0 Å². The number of rotatable bonds is 5. The molecule has 2 heterocycles. The smallest absolute Gasteiger partial charge is 0.248 e. The van der Waals surface area contributed by atoms with Crippen LogP contribution in [0, 0.1) is 19.8 Å². The minimum Gasteiger partial charge on any atom is -0.360 e. The lowest BCUT2D eigenvalue weighted by atomic mass is 9.98. The summed E-state index contributed by atoms with van der Waals surface area (Å²) in [5, 5.41) is 6.64. The second kappa shape index (κ2) is 7.82. The molecule has 1 aliphatic heterocycles. The summed E-state index contributed by atoms with van der Waals surface area (Å²) in [6.45, 7) is 5.81. The highest BCUT2D eigenvalue weighted by molar-refractivity contribution is 7.89. The van der Waals surface area contributed by atoms with Crippen molar-refractivity contribution in [2.24, 2.45) is 5.92 Å². The highest BCUT2D eigenvalue weighted by atomic mass is 32.2. The Kier molecular flexibility index (Phi) is 5.67. The summed E-state index contributed by atoms with van der Waals surface area (Å²) in [7, 11) is -3.73. The van der Waals surface area contributed by atoms with Crippen LogP contribution >= 0.6 is 0 Å². The molecule has 0 radical (unpaired) electrons. The number of nitrogens with one attached hydrogen (secondary N) is 1. The number of hydrogen-bond acceptors (Lipinski definition) is 5. The van der Waals surface area contributed by atoms with Gasteiger partial charge in [0, 0.05) is 18.8 Å². The number of sulfonamides is 1. The van der Waals surface area contributed by atoms with E-state index in [0.29, 0.717) is 25.1 Å². The summed E-state index contributed by atoms with van der Waals surface area (Å²) < 4.78 is 32.3. The van der Waals surface area contributed by atoms with Crippen LogP contribution in [0.25, 0.3) is 0 Å². The van der Waals surface area contributed by atoms with Crippen molar-refractivity contribution in [1.29, 1.82) is 0 Å². The molecule has 1 aliphatic rings. The maximum absolute atomic E-state index is 13.0. The maximum atomic E-state index is 13.0. The number of carbonyl (C=O) groups is 1. The molecule has 1 atom stereocenters. The Morgan fingerprint density at radius 1 is 1.30 bits per heavy atom. The van der Waals surface area contributed by atoms with Crippen LogP contribution < -0.4 is 5.32 Å². The van der Waals surface area contributed by atoms with Gasteiger partial charge in [0.05, 0.1) is 5.92 Å². The van der Waals surface area contributed by atoms with Crippen LogP contribution in [0.15, 0.2) is 33.7 Å². The van der Waals surface area contributed by atoms with E-state index in [1.807, 2.05) is 24.3 Å². The minimum absolute atomic E-state index is 0.110. The van der Waals surface area contributed by atoms with Crippen molar-refractivity contribution in [3.8, 4) is 0 Å². The molecule has 0 bridgehead atoms. The average Bonchev–Trinajstić information content (AvgIpc) is 3.01. The van der Waals surface area contributed by atoms with Gasteiger partial charge in [-0.1, -0.05) is 24.2 Å². The first-order chi connectivity index (χ1) is 12.8. The second-order valence-electron chi connectivity index (χ2n) is 6.90. The molecule has 1 amide bonds. The molecule has 0 unspecified atom stereocenters. The van der Waals surface area contributed by atoms with Gasteiger partial charge in [-0.15, -0.1) is 0 Å². The fourth-order valence-electron chi connectivity index (χ4n) is 3.41. The molecule has 7 nitrogen and oxygen atoms in total. The predicted octanol–water partition coefficient (Wildman–Crippen LogP) is 2.89. The molecular formula is C19H25N3O4S. The Hall–Kier alpha value is -2.19. The fraction of sp³-hybridized carbons (Fsp3) is 0.474. The van der Waals surface area contributed by atoms with Crippen molar-refractivity contribution in [2.45, 2.75) is 44.9 Å². The zero-order chi connectivity index (χ0) is 19.6. The molecule has 1 aromatic carbocycles. The molecule has 8 heteroatoms. The van der Waals surface area contributed by atoms with Crippen molar-refractivity contribution in [1.82, 2.24) is 9.46 Å². The number of anilines is 1. The molecule has 27 heavy (non-hydrogen) atoms. The first-order valence-electron chi connectivity index (χ1n) is 9.15. The summed E-state index contributed by atoms with van der Waals surface area (Å²) in [4.78, 5) is 12.8. The van der Waals surface area contributed by atoms with Crippen LogP contribution in [0.5, 0.6) is 0 Å². The molecule has 0 saturated carbocycles. The largest absolute Gasteiger partial charge is 0.360 e. The van der Waals surface area contributed by atoms with Crippen molar-refractivity contribution in [3.63, 3.8) is 0 Å². The van der Waals surface area contributed by atoms with E-state index in [9.17, 15) is 13.2 Å². The van der Waals surface area contributed by atoms with Gasteiger partial charge in [-0.25, -0.2) is 8.42 Å². The molecule has 2 aromatic rings. The minimum atomic E-state index is -3.73. The van der Waals surface area contributed by atoms with Gasteiger partial charge in [0.1, 0.15) is 10.6 Å². The number of carbonyl (C=O) groups excluding carboxylic acids is 1. The highest BCUT2D eigenvalue weighted by Gasteiger charge is 2.36. The third-order valence-corrected chi connectivity index (χ3v) is 7.06. The van der Waals surface area contributed by atoms with Crippen molar-refractivity contribution >= 4 is 21.6 Å². The molecule has 3 rings (SSSR count). The second-order valence-corrected chi connectivity index (χ2v) is 8.77. The number of hydrogen-bond donors (Lipinski definition) is 1. The number of aryl methyl sites for hydroxylation is 3. The molecule has 1 N–H and O–H groups in total. The molecule has 0 spiro atoms. The van der Waals surface area contributed by atoms with Crippen LogP contribution in [0.1, 0.15) is 36.8 Å². The number of aromatic nitrogens is 1. The average molecular weight is 391 g/mol. The molecule has 0 aliphatic carbocycles. The van der Waals surface area contributed by atoms with Crippen LogP contribution in [-0.2, 0) is 21.2 Å². The highest BCUT2D eigenvalue weighted by Crippen LogP contribution is 2.28. The zero-order valence-corrected chi connectivity index (χ0v) is 16.7. The maximum Gasteiger partial charge on any atom is 0.248 e. The Morgan fingerprint density at radius 2 is 2.00 bits per heavy atom. The number of amides is 1. The molecule has 1 aromatic heterocycles. The summed E-state index contributed by atoms with van der Waals surface area (Å²) in [6, 6.07) is 7.70. The van der Waals surface area contributed by atoms with E-state index in [1.165, 1.54) is 9.87 Å². The Balaban J connectivity index is 1.72. The number of benzene rings is 1. The first-order valence-corrected chi connectivity index (χ1v) is 10.6. The molecule has 146 valence electrons. The van der Waals surface area contributed by atoms with Gasteiger partial charge in [-0.2, -0.15) is 4.31 Å². The van der Waals surface area contributed by atoms with Gasteiger partial charge in [0.2, 0.25) is 15.9 Å². The first kappa shape index (κ1) is 19.6. The lowest BCUT2D eigenvalue weighted by Crippen LogP contribution is -2.43. The van der Waals surface area contributed by atoms with Gasteiger partial charge in [0.15, 0.2) is 5.76 Å². The fourth-order valence-corrected chi connectivity index (χ4v) is 5.23. The van der Waals surface area contributed by atoms with E-state index in [-0.39, 0.29) is 29.0 Å². The van der Waals surface area contributed by atoms with Crippen LogP contribution in [-0.4, -0.2) is 36.9 Å². The van der Waals surface area contributed by atoms with Crippen LogP contribution in [0.4, 0.5) is 5.69 Å². The van der Waals surface area contributed by atoms with Gasteiger partial charge in [-0.3, -0.25) is 4.79 Å². The van der Waals surface area contributed by atoms with E-state index in [0.717, 1.165) is 12.1 Å². The Labute approximate surface area is 159 Å². The Morgan fingerprint density at radius 3 is 2.59 bits per heavy atom. The third-order valence-electron chi connectivity index (χ3n) is 4.95. The standard InChI is InChI=1S/C19H25N3O4S/c1-4-15-7-9-17(10-8-15)20-19(23)16-6-5-11-22(12-16)27(24,25)18-13(2)21-26-14(18)3/h7-10,16H,4-6,11-12H2,1-3H3,(H,20,23)/t16-/m1/s1. The van der Waals surface area contributed by atoms with Gasteiger partial charge in [-0.05, 0) is 50.8 Å². The monoisotopic (exact) mass is 391 g/mol. The van der Waals surface area contributed by atoms with Gasteiger partial charge in [0.25, 0.3) is 0 Å². The summed E-state index contributed by atoms with van der Waals surface area (Å²) in [5.41, 5.74) is 2.26. The lowest BCUT2D eigenvalue weighted by Gasteiger charge is -2.31. The number of piperidine rings is 1. The molecule has 1 fully saturated rings. The van der Waals surface area contributed by atoms with E-state index in [4.69, 9.17) is 4.52 Å². The summed E-state index contributed by atoms with van der Waals surface area (Å²) in [5.74, 6) is -0.271. The van der Waals surface area contributed by atoms with E-state index in [1.54, 1.807) is 13.8 Å². The molecular weight excluding hydrogens is 366 g/mol. The Bertz CT molecular complexity index is 899. The van der Waals surface area contributed by atoms with Gasteiger partial charge < -0.3 is 9.84 Å². The predicted molar refractivity (Wildman–Crippen MR) is 102 cm³/mol. The van der Waals surface area contributed by atoms with Crippen molar-refractivity contribution in [3.05, 3.63) is 41.3 Å². The van der Waals surface area contributed by atoms with E-state index in [2.05, 4.69) is 17.4 Å². The summed E-state index contributed by atoms with van der Waals surface area (Å²) in [6.07, 6.45) is 2.23. The lowest BCUT2D eigenvalue weighted by molar-refractivity contribution is -0.120. The van der Waals surface area contributed by atoms with Crippen molar-refractivity contribution in [2.75, 3.05) is 18.4 Å². The van der Waals surface area contributed by atoms with Crippen molar-refractivity contribution < 1.29 is 17.7 Å². The third kappa shape index (κ3) is 4.06. The summed E-state index contributed by atoms with van der Waals surface area (Å²) >= 11 is 0. The number of nitrogens with zero attached hydrogens (tertiary/aromatic N) is 2. The van der Waals surface area contributed by atoms with Crippen LogP contribution in [0.2, 0.25) is 0 Å². The van der Waals surface area contributed by atoms with E-state index < -0.39 is 10.0 Å². The van der Waals surface area contributed by atoms with Crippen LogP contribution in [0.3, 0.4) is 0 Å². The molecule has 1 saturated heterocycles. The topological polar surface area (TPSA) is 92.5 Å². The normalized spacial score (nSPS) is 18.4. The quantitative estimate of drug-likeness (QED) is 0.846. The SMILES string of the molecule is CCc1ccc(NC(=O)[C@@H]2CCCN(S(=O)(=O)c3c(C)noc3C)C2)cc1. The zero-order valence-electron chi connectivity index (χ0n) is 15.9. The van der Waals surface area contributed by atoms with Gasteiger partial charge >= 0.3 is 0 Å².